The first-order valence-corrected chi connectivity index (χ1v) is 4.73. The molecule has 0 aromatic rings. The van der Waals surface area contributed by atoms with Crippen LogP contribution in [0.15, 0.2) is 0 Å². The molecule has 16 heavy (non-hydrogen) atoms. The van der Waals surface area contributed by atoms with Crippen LogP contribution in [0, 0.1) is 0 Å². The number of esters is 1. The molecular formula is C9H16N2O5. The second kappa shape index (κ2) is 6.65. The summed E-state index contributed by atoms with van der Waals surface area (Å²) in [4.78, 5) is 34.0. The first-order chi connectivity index (χ1) is 7.42. The summed E-state index contributed by atoms with van der Waals surface area (Å²) in [5, 5.41) is 11.0. The molecule has 0 aliphatic heterocycles. The van der Waals surface area contributed by atoms with Crippen LogP contribution >= 0.6 is 0 Å². The van der Waals surface area contributed by atoms with Gasteiger partial charge in [0.2, 0.25) is 0 Å². The molecule has 0 aromatic carbocycles. The van der Waals surface area contributed by atoms with Crippen LogP contribution in [-0.4, -0.2) is 54.7 Å². The van der Waals surface area contributed by atoms with Crippen LogP contribution in [-0.2, 0) is 14.3 Å². The number of nitrogens with zero attached hydrogens (tertiary/aromatic N) is 1. The summed E-state index contributed by atoms with van der Waals surface area (Å²) < 4.78 is 4.37. The standard InChI is InChI=1S/C9H16N2O5/c1-4-6(8(13)14)10-9(15)11(2)5-7(12)16-3/h6H,4-5H2,1-3H3,(H,10,15)(H,13,14)/t6-/m0/s1. The van der Waals surface area contributed by atoms with Gasteiger partial charge in [-0.3, -0.25) is 4.79 Å². The average Bonchev–Trinajstić information content (AvgIpc) is 2.24. The van der Waals surface area contributed by atoms with Crippen molar-refractivity contribution in [3.05, 3.63) is 0 Å². The normalized spacial score (nSPS) is 11.4. The Morgan fingerprint density at radius 3 is 2.38 bits per heavy atom. The minimum Gasteiger partial charge on any atom is -0.480 e. The maximum atomic E-state index is 11.4. The van der Waals surface area contributed by atoms with Crippen molar-refractivity contribution >= 4 is 18.0 Å². The van der Waals surface area contributed by atoms with Gasteiger partial charge in [-0.15, -0.1) is 0 Å². The van der Waals surface area contributed by atoms with Crippen LogP contribution in [0.25, 0.3) is 0 Å². The van der Waals surface area contributed by atoms with E-state index >= 15 is 0 Å². The van der Waals surface area contributed by atoms with E-state index in [4.69, 9.17) is 5.11 Å². The minimum absolute atomic E-state index is 0.224. The topological polar surface area (TPSA) is 95.9 Å². The molecule has 1 atom stereocenters. The van der Waals surface area contributed by atoms with Crippen LogP contribution in [0.2, 0.25) is 0 Å². The second-order valence-corrected chi connectivity index (χ2v) is 3.18. The molecule has 0 heterocycles. The fourth-order valence-electron chi connectivity index (χ4n) is 0.928. The molecule has 0 unspecified atom stereocenters. The second-order valence-electron chi connectivity index (χ2n) is 3.18. The van der Waals surface area contributed by atoms with E-state index in [1.807, 2.05) is 0 Å². The number of carbonyl (C=O) groups excluding carboxylic acids is 2. The third-order valence-electron chi connectivity index (χ3n) is 1.94. The summed E-state index contributed by atoms with van der Waals surface area (Å²) in [5.41, 5.74) is 0. The van der Waals surface area contributed by atoms with Gasteiger partial charge in [0.25, 0.3) is 0 Å². The third kappa shape index (κ3) is 4.63. The third-order valence-corrected chi connectivity index (χ3v) is 1.94. The molecule has 2 N–H and O–H groups in total. The molecule has 92 valence electrons. The first kappa shape index (κ1) is 14.2. The lowest BCUT2D eigenvalue weighted by atomic mass is 10.2. The fourth-order valence-corrected chi connectivity index (χ4v) is 0.928. The molecule has 0 aromatic heterocycles. The van der Waals surface area contributed by atoms with Gasteiger partial charge >= 0.3 is 18.0 Å². The van der Waals surface area contributed by atoms with Crippen molar-refractivity contribution in [2.45, 2.75) is 19.4 Å². The number of carbonyl (C=O) groups is 3. The van der Waals surface area contributed by atoms with Gasteiger partial charge in [0.1, 0.15) is 12.6 Å². The van der Waals surface area contributed by atoms with E-state index in [1.54, 1.807) is 6.92 Å². The van der Waals surface area contributed by atoms with Crippen LogP contribution in [0.5, 0.6) is 0 Å². The van der Waals surface area contributed by atoms with Crippen molar-refractivity contribution in [3.63, 3.8) is 0 Å². The molecule has 0 spiro atoms. The number of carboxylic acids is 1. The Bertz CT molecular complexity index is 279. The number of urea groups is 1. The first-order valence-electron chi connectivity index (χ1n) is 4.73. The number of rotatable bonds is 5. The van der Waals surface area contributed by atoms with Crippen molar-refractivity contribution in [2.75, 3.05) is 20.7 Å². The van der Waals surface area contributed by atoms with E-state index < -0.39 is 24.0 Å². The van der Waals surface area contributed by atoms with E-state index in [9.17, 15) is 14.4 Å². The summed E-state index contributed by atoms with van der Waals surface area (Å²) >= 11 is 0. The predicted octanol–water partition coefficient (Wildman–Crippen LogP) is -0.336. The molecule has 2 amide bonds. The molecule has 7 heteroatoms. The minimum atomic E-state index is -1.11. The highest BCUT2D eigenvalue weighted by atomic mass is 16.5. The molecule has 0 radical (unpaired) electrons. The van der Waals surface area contributed by atoms with Gasteiger partial charge in [-0.25, -0.2) is 9.59 Å². The number of methoxy groups -OCH3 is 1. The largest absolute Gasteiger partial charge is 0.480 e. The maximum absolute atomic E-state index is 11.4. The van der Waals surface area contributed by atoms with Crippen LogP contribution in [0.3, 0.4) is 0 Å². The van der Waals surface area contributed by atoms with E-state index in [0.29, 0.717) is 0 Å². The Labute approximate surface area is 93.4 Å². The Morgan fingerprint density at radius 2 is 2.00 bits per heavy atom. The van der Waals surface area contributed by atoms with E-state index in [2.05, 4.69) is 10.1 Å². The maximum Gasteiger partial charge on any atom is 0.326 e. The zero-order valence-corrected chi connectivity index (χ0v) is 9.52. The summed E-state index contributed by atoms with van der Waals surface area (Å²) in [6.45, 7) is 1.41. The lowest BCUT2D eigenvalue weighted by Crippen LogP contribution is -2.47. The van der Waals surface area contributed by atoms with Crippen LogP contribution in [0.1, 0.15) is 13.3 Å². The molecular weight excluding hydrogens is 216 g/mol. The van der Waals surface area contributed by atoms with Crippen LogP contribution in [0.4, 0.5) is 4.79 Å². The Balaban J connectivity index is 4.23. The Hall–Kier alpha value is -1.79. The van der Waals surface area contributed by atoms with Gasteiger partial charge in [0.15, 0.2) is 0 Å². The number of ether oxygens (including phenoxy) is 1. The quantitative estimate of drug-likeness (QED) is 0.632. The summed E-state index contributed by atoms with van der Waals surface area (Å²) in [5.74, 6) is -1.68. The number of likely N-dealkylation sites (N-methyl/N-ethyl adjacent to an activating group) is 1. The van der Waals surface area contributed by atoms with E-state index in [0.717, 1.165) is 4.90 Å². The zero-order chi connectivity index (χ0) is 12.7. The van der Waals surface area contributed by atoms with Gasteiger partial charge in [-0.2, -0.15) is 0 Å². The monoisotopic (exact) mass is 232 g/mol. The molecule has 0 fully saturated rings. The van der Waals surface area contributed by atoms with Gasteiger partial charge < -0.3 is 20.1 Å². The van der Waals surface area contributed by atoms with Crippen molar-refractivity contribution in [2.24, 2.45) is 0 Å². The molecule has 0 aliphatic carbocycles. The molecule has 0 aliphatic rings. The van der Waals surface area contributed by atoms with E-state index in [1.165, 1.54) is 14.2 Å². The highest BCUT2D eigenvalue weighted by Gasteiger charge is 2.20. The molecule has 0 rings (SSSR count). The number of hydrogen-bond acceptors (Lipinski definition) is 4. The average molecular weight is 232 g/mol. The Morgan fingerprint density at radius 1 is 1.44 bits per heavy atom. The van der Waals surface area contributed by atoms with Crippen LogP contribution < -0.4 is 5.32 Å². The number of aliphatic carboxylic acids is 1. The van der Waals surface area contributed by atoms with Gasteiger partial charge in [-0.1, -0.05) is 6.92 Å². The number of hydrogen-bond donors (Lipinski definition) is 2. The van der Waals surface area contributed by atoms with Gasteiger partial charge in [-0.05, 0) is 6.42 Å². The summed E-state index contributed by atoms with van der Waals surface area (Å²) in [6, 6.07) is -1.58. The number of carboxylic acid groups (broad SMARTS) is 1. The Kier molecular flexibility index (Phi) is 5.91. The summed E-state index contributed by atoms with van der Waals surface area (Å²) in [7, 11) is 2.58. The van der Waals surface area contributed by atoms with E-state index in [-0.39, 0.29) is 13.0 Å². The number of amides is 2. The zero-order valence-electron chi connectivity index (χ0n) is 9.52. The van der Waals surface area contributed by atoms with Crippen molar-refractivity contribution in [1.82, 2.24) is 10.2 Å². The lowest BCUT2D eigenvalue weighted by molar-refractivity contribution is -0.141. The molecule has 0 saturated heterocycles. The summed E-state index contributed by atoms with van der Waals surface area (Å²) in [6.07, 6.45) is 0.271. The molecule has 7 nitrogen and oxygen atoms in total. The van der Waals surface area contributed by atoms with Crippen molar-refractivity contribution < 1.29 is 24.2 Å². The molecule has 0 saturated carbocycles. The highest BCUT2D eigenvalue weighted by molar-refractivity contribution is 5.84. The predicted molar refractivity (Wildman–Crippen MR) is 54.9 cm³/mol. The van der Waals surface area contributed by atoms with Gasteiger partial charge in [0.05, 0.1) is 7.11 Å². The molecule has 0 bridgehead atoms. The SMILES string of the molecule is CC[C@H](NC(=O)N(C)CC(=O)OC)C(=O)O. The van der Waals surface area contributed by atoms with Crippen molar-refractivity contribution in [1.29, 1.82) is 0 Å². The lowest BCUT2D eigenvalue weighted by Gasteiger charge is -2.19. The highest BCUT2D eigenvalue weighted by Crippen LogP contribution is 1.94. The number of nitrogens with one attached hydrogen (secondary N) is 1. The van der Waals surface area contributed by atoms with Crippen molar-refractivity contribution in [3.8, 4) is 0 Å². The van der Waals surface area contributed by atoms with Gasteiger partial charge in [0, 0.05) is 7.05 Å². The fraction of sp³-hybridized carbons (Fsp3) is 0.667. The smallest absolute Gasteiger partial charge is 0.326 e.